The van der Waals surface area contributed by atoms with E-state index in [1.807, 2.05) is 19.1 Å². The van der Waals surface area contributed by atoms with Gasteiger partial charge < -0.3 is 4.74 Å². The molecule has 0 saturated heterocycles. The molecule has 0 saturated carbocycles. The van der Waals surface area contributed by atoms with Crippen molar-refractivity contribution in [2.75, 3.05) is 6.61 Å². The summed E-state index contributed by atoms with van der Waals surface area (Å²) in [5.74, 6) is 0.208. The molecule has 0 bridgehead atoms. The maximum Gasteiger partial charge on any atom is 0.277 e. The molecule has 1 amide bonds. The van der Waals surface area contributed by atoms with Crippen LogP contribution in [0.15, 0.2) is 46.0 Å². The Morgan fingerprint density at radius 1 is 1.35 bits per heavy atom. The summed E-state index contributed by atoms with van der Waals surface area (Å²) in [6.07, 6.45) is 1.42. The van der Waals surface area contributed by atoms with Gasteiger partial charge in [0.1, 0.15) is 5.75 Å². The molecule has 0 aromatic heterocycles. The van der Waals surface area contributed by atoms with Gasteiger partial charge in [0, 0.05) is 5.56 Å². The fraction of sp³-hybridized carbons (Fsp3) is 0.125. The molecule has 2 aromatic rings. The van der Waals surface area contributed by atoms with E-state index >= 15 is 0 Å². The number of benzene rings is 2. The summed E-state index contributed by atoms with van der Waals surface area (Å²) in [4.78, 5) is 11.7. The average Bonchev–Trinajstić information content (AvgIpc) is 2.50. The molecule has 1 N–H and O–H groups in total. The molecule has 2 aromatic carbocycles. The topological polar surface area (TPSA) is 50.7 Å². The Bertz CT molecular complexity index is 751. The van der Waals surface area contributed by atoms with Crippen LogP contribution >= 0.6 is 39.1 Å². The molecule has 0 aliphatic heterocycles. The molecular formula is C16H13BrCl2N2O2. The van der Waals surface area contributed by atoms with E-state index in [2.05, 4.69) is 26.5 Å². The van der Waals surface area contributed by atoms with Gasteiger partial charge in [0.2, 0.25) is 0 Å². The Hall–Kier alpha value is -1.56. The third-order valence-corrected chi connectivity index (χ3v) is 4.27. The molecule has 0 fully saturated rings. The number of hydrazone groups is 1. The largest absolute Gasteiger partial charge is 0.483 e. The smallest absolute Gasteiger partial charge is 0.277 e. The summed E-state index contributed by atoms with van der Waals surface area (Å²) >= 11 is 15.3. The maximum absolute atomic E-state index is 11.7. The number of carbonyl (C=O) groups is 1. The Morgan fingerprint density at radius 2 is 2.13 bits per heavy atom. The number of amides is 1. The van der Waals surface area contributed by atoms with Crippen LogP contribution in [0.4, 0.5) is 0 Å². The Morgan fingerprint density at radius 3 is 2.87 bits per heavy atom. The number of ether oxygens (including phenoxy) is 1. The van der Waals surface area contributed by atoms with Gasteiger partial charge >= 0.3 is 0 Å². The van der Waals surface area contributed by atoms with Crippen LogP contribution in [0, 0.1) is 6.92 Å². The number of rotatable bonds is 5. The number of aryl methyl sites for hydroxylation is 1. The molecule has 0 atom stereocenters. The third-order valence-electron chi connectivity index (χ3n) is 2.82. The fourth-order valence-corrected chi connectivity index (χ4v) is 2.66. The van der Waals surface area contributed by atoms with E-state index in [0.717, 1.165) is 10.0 Å². The summed E-state index contributed by atoms with van der Waals surface area (Å²) in [6, 6.07) is 10.8. The van der Waals surface area contributed by atoms with Gasteiger partial charge in [0.25, 0.3) is 5.91 Å². The van der Waals surface area contributed by atoms with Gasteiger partial charge in [0.15, 0.2) is 6.61 Å². The minimum Gasteiger partial charge on any atom is -0.483 e. The summed E-state index contributed by atoms with van der Waals surface area (Å²) in [5, 5.41) is 4.64. The minimum absolute atomic E-state index is 0.151. The van der Waals surface area contributed by atoms with Crippen molar-refractivity contribution in [1.29, 1.82) is 0 Å². The lowest BCUT2D eigenvalue weighted by Crippen LogP contribution is -2.24. The molecule has 0 radical (unpaired) electrons. The van der Waals surface area contributed by atoms with Crippen molar-refractivity contribution in [2.45, 2.75) is 6.92 Å². The number of nitrogens with zero attached hydrogens (tertiary/aromatic N) is 1. The Labute approximate surface area is 152 Å². The number of hydrogen-bond acceptors (Lipinski definition) is 3. The first-order chi connectivity index (χ1) is 11.0. The second kappa shape index (κ2) is 8.34. The Balaban J connectivity index is 1.87. The van der Waals surface area contributed by atoms with Crippen LogP contribution < -0.4 is 10.2 Å². The van der Waals surface area contributed by atoms with Gasteiger partial charge in [0.05, 0.1) is 20.7 Å². The van der Waals surface area contributed by atoms with Gasteiger partial charge in [-0.05, 0) is 46.6 Å². The molecule has 0 heterocycles. The zero-order chi connectivity index (χ0) is 16.8. The lowest BCUT2D eigenvalue weighted by molar-refractivity contribution is -0.123. The molecule has 2 rings (SSSR count). The summed E-state index contributed by atoms with van der Waals surface area (Å²) < 4.78 is 6.21. The molecule has 23 heavy (non-hydrogen) atoms. The van der Waals surface area contributed by atoms with E-state index in [4.69, 9.17) is 27.9 Å². The second-order valence-corrected chi connectivity index (χ2v) is 6.30. The first kappa shape index (κ1) is 17.8. The van der Waals surface area contributed by atoms with E-state index < -0.39 is 0 Å². The van der Waals surface area contributed by atoms with Gasteiger partial charge in [-0.15, -0.1) is 0 Å². The number of hydrogen-bond donors (Lipinski definition) is 1. The predicted molar refractivity (Wildman–Crippen MR) is 96.6 cm³/mol. The van der Waals surface area contributed by atoms with Crippen molar-refractivity contribution in [3.8, 4) is 5.75 Å². The lowest BCUT2D eigenvalue weighted by atomic mass is 10.2. The first-order valence-corrected chi connectivity index (χ1v) is 8.17. The van der Waals surface area contributed by atoms with Crippen LogP contribution in [0.2, 0.25) is 10.0 Å². The molecule has 0 spiro atoms. The van der Waals surface area contributed by atoms with Crippen LogP contribution in [0.25, 0.3) is 0 Å². The highest BCUT2D eigenvalue weighted by atomic mass is 79.9. The van der Waals surface area contributed by atoms with Crippen LogP contribution in [0.5, 0.6) is 5.75 Å². The minimum atomic E-state index is -0.383. The van der Waals surface area contributed by atoms with Crippen molar-refractivity contribution in [3.63, 3.8) is 0 Å². The Kier molecular flexibility index (Phi) is 6.45. The van der Waals surface area contributed by atoms with Crippen LogP contribution in [0.3, 0.4) is 0 Å². The number of carbonyl (C=O) groups excluding carboxylic acids is 1. The molecule has 120 valence electrons. The quantitative estimate of drug-likeness (QED) is 0.573. The average molecular weight is 416 g/mol. The SMILES string of the molecule is Cc1ccc(OCC(=O)N/N=C/c2cccc(Cl)c2Cl)c(Br)c1. The van der Waals surface area contributed by atoms with Gasteiger partial charge in [-0.25, -0.2) is 5.43 Å². The molecule has 0 aliphatic carbocycles. The van der Waals surface area contributed by atoms with Crippen molar-refractivity contribution >= 4 is 51.3 Å². The zero-order valence-corrected chi connectivity index (χ0v) is 15.2. The second-order valence-electron chi connectivity index (χ2n) is 4.66. The van der Waals surface area contributed by atoms with E-state index in [1.165, 1.54) is 6.21 Å². The summed E-state index contributed by atoms with van der Waals surface area (Å²) in [7, 11) is 0. The van der Waals surface area contributed by atoms with Gasteiger partial charge in [-0.1, -0.05) is 41.4 Å². The van der Waals surface area contributed by atoms with Crippen molar-refractivity contribution < 1.29 is 9.53 Å². The number of halogens is 3. The summed E-state index contributed by atoms with van der Waals surface area (Å²) in [5.41, 5.74) is 4.07. The molecule has 0 unspecified atom stereocenters. The normalized spacial score (nSPS) is 10.8. The highest BCUT2D eigenvalue weighted by Gasteiger charge is 2.05. The van der Waals surface area contributed by atoms with Crippen LogP contribution in [-0.2, 0) is 4.79 Å². The third kappa shape index (κ3) is 5.23. The molecule has 7 heteroatoms. The summed E-state index contributed by atoms with van der Waals surface area (Å²) in [6.45, 7) is 1.82. The van der Waals surface area contributed by atoms with Crippen molar-refractivity contribution in [1.82, 2.24) is 5.43 Å². The van der Waals surface area contributed by atoms with E-state index in [1.54, 1.807) is 24.3 Å². The number of nitrogens with one attached hydrogen (secondary N) is 1. The van der Waals surface area contributed by atoms with Crippen molar-refractivity contribution in [2.24, 2.45) is 5.10 Å². The van der Waals surface area contributed by atoms with Gasteiger partial charge in [-0.3, -0.25) is 4.79 Å². The van der Waals surface area contributed by atoms with E-state index in [0.29, 0.717) is 21.4 Å². The molecular weight excluding hydrogens is 403 g/mol. The van der Waals surface area contributed by atoms with Crippen molar-refractivity contribution in [3.05, 3.63) is 62.0 Å². The molecule has 0 aliphatic rings. The monoisotopic (exact) mass is 414 g/mol. The van der Waals surface area contributed by atoms with E-state index in [9.17, 15) is 4.79 Å². The maximum atomic E-state index is 11.7. The zero-order valence-electron chi connectivity index (χ0n) is 12.1. The van der Waals surface area contributed by atoms with Gasteiger partial charge in [-0.2, -0.15) is 5.10 Å². The molecule has 4 nitrogen and oxygen atoms in total. The predicted octanol–water partition coefficient (Wildman–Crippen LogP) is 4.59. The highest BCUT2D eigenvalue weighted by Crippen LogP contribution is 2.25. The highest BCUT2D eigenvalue weighted by molar-refractivity contribution is 9.10. The fourth-order valence-electron chi connectivity index (χ4n) is 1.69. The standard InChI is InChI=1S/C16H13BrCl2N2O2/c1-10-5-6-14(12(17)7-10)23-9-15(22)21-20-8-11-3-2-4-13(18)16(11)19/h2-8H,9H2,1H3,(H,21,22)/b20-8+. The lowest BCUT2D eigenvalue weighted by Gasteiger charge is -2.07. The van der Waals surface area contributed by atoms with Crippen LogP contribution in [-0.4, -0.2) is 18.7 Å². The first-order valence-electron chi connectivity index (χ1n) is 6.62. The van der Waals surface area contributed by atoms with E-state index in [-0.39, 0.29) is 12.5 Å². The van der Waals surface area contributed by atoms with Crippen LogP contribution in [0.1, 0.15) is 11.1 Å².